The molecule has 37 heavy (non-hydrogen) atoms. The van der Waals surface area contributed by atoms with Gasteiger partial charge in [0.25, 0.3) is 5.91 Å². The van der Waals surface area contributed by atoms with E-state index in [4.69, 9.17) is 14.5 Å². The van der Waals surface area contributed by atoms with Crippen molar-refractivity contribution < 1.29 is 23.0 Å². The number of carbonyl (C=O) groups is 1. The van der Waals surface area contributed by atoms with Crippen LogP contribution in [0.4, 0.5) is 14.5 Å². The molecule has 0 N–H and O–H groups in total. The molecular formula is C26H30F2N6O3. The highest BCUT2D eigenvalue weighted by atomic mass is 19.3. The summed E-state index contributed by atoms with van der Waals surface area (Å²) in [6.45, 7) is 7.74. The molecule has 2 aromatic heterocycles. The van der Waals surface area contributed by atoms with Crippen LogP contribution in [0.1, 0.15) is 6.92 Å². The normalized spacial score (nSPS) is 19.0. The Kier molecular flexibility index (Phi) is 7.71. The Morgan fingerprint density at radius 3 is 2.59 bits per heavy atom. The van der Waals surface area contributed by atoms with Gasteiger partial charge in [-0.25, -0.2) is 9.97 Å². The Bertz CT molecular complexity index is 1220. The van der Waals surface area contributed by atoms with Gasteiger partial charge in [-0.05, 0) is 24.7 Å². The molecule has 2 aliphatic heterocycles. The highest BCUT2D eigenvalue weighted by Crippen LogP contribution is 2.29. The number of hydrogen-bond acceptors (Lipinski definition) is 8. The first kappa shape index (κ1) is 25.2. The summed E-state index contributed by atoms with van der Waals surface area (Å²) in [4.78, 5) is 31.1. The predicted octanol–water partition coefficient (Wildman–Crippen LogP) is 2.71. The number of fused-ring (bicyclic) bond motifs is 1. The van der Waals surface area contributed by atoms with Crippen molar-refractivity contribution in [1.82, 2.24) is 24.8 Å². The van der Waals surface area contributed by atoms with Crippen molar-refractivity contribution in [3.05, 3.63) is 42.7 Å². The minimum Gasteiger partial charge on any atom is -0.473 e. The summed E-state index contributed by atoms with van der Waals surface area (Å²) < 4.78 is 37.3. The van der Waals surface area contributed by atoms with Crippen LogP contribution in [0.25, 0.3) is 22.3 Å². The van der Waals surface area contributed by atoms with Gasteiger partial charge >= 0.3 is 6.43 Å². The number of benzene rings is 1. The fourth-order valence-electron chi connectivity index (χ4n) is 4.69. The second-order valence-electron chi connectivity index (χ2n) is 9.09. The summed E-state index contributed by atoms with van der Waals surface area (Å²) in [5.41, 5.74) is 3.89. The summed E-state index contributed by atoms with van der Waals surface area (Å²) in [6.07, 6.45) is -0.429. The lowest BCUT2D eigenvalue weighted by Crippen LogP contribution is -2.49. The maximum Gasteiger partial charge on any atom is 0.315 e. The number of alkyl halides is 2. The third-order valence-corrected chi connectivity index (χ3v) is 6.82. The molecule has 9 nitrogen and oxygen atoms in total. The summed E-state index contributed by atoms with van der Waals surface area (Å²) in [5, 5.41) is 0. The molecule has 4 heterocycles. The molecule has 0 aliphatic carbocycles. The highest BCUT2D eigenvalue weighted by Gasteiger charge is 2.30. The molecule has 196 valence electrons. The number of amides is 1. The molecule has 0 bridgehead atoms. The van der Waals surface area contributed by atoms with Crippen LogP contribution in [-0.4, -0.2) is 102 Å². The topological polar surface area (TPSA) is 83.9 Å². The summed E-state index contributed by atoms with van der Waals surface area (Å²) >= 11 is 0. The van der Waals surface area contributed by atoms with Crippen molar-refractivity contribution in [1.29, 1.82) is 0 Å². The lowest BCUT2D eigenvalue weighted by atomic mass is 10.1. The minimum atomic E-state index is -3.04. The van der Waals surface area contributed by atoms with Gasteiger partial charge in [0.15, 0.2) is 5.52 Å². The van der Waals surface area contributed by atoms with Gasteiger partial charge in [0.1, 0.15) is 12.7 Å². The molecule has 1 atom stereocenters. The summed E-state index contributed by atoms with van der Waals surface area (Å²) in [6, 6.07) is 10.1. The van der Waals surface area contributed by atoms with Crippen molar-refractivity contribution in [2.24, 2.45) is 0 Å². The molecule has 0 spiro atoms. The quantitative estimate of drug-likeness (QED) is 0.478. The van der Waals surface area contributed by atoms with Crippen molar-refractivity contribution in [2.75, 3.05) is 63.9 Å². The van der Waals surface area contributed by atoms with Crippen LogP contribution in [0.2, 0.25) is 0 Å². The molecule has 1 unspecified atom stereocenters. The Labute approximate surface area is 214 Å². The fourth-order valence-corrected chi connectivity index (χ4v) is 4.69. The molecule has 5 rings (SSSR count). The number of anilines is 1. The van der Waals surface area contributed by atoms with E-state index >= 15 is 0 Å². The molecule has 2 fully saturated rings. The summed E-state index contributed by atoms with van der Waals surface area (Å²) in [7, 11) is 0. The number of aromatic nitrogens is 3. The predicted molar refractivity (Wildman–Crippen MR) is 135 cm³/mol. The highest BCUT2D eigenvalue weighted by molar-refractivity contribution is 5.83. The standard InChI is InChI=1S/C26H30F2N6O3/c1-2-32-9-11-33(12-10-32)19-5-3-18(4-6-19)21-15-22-23(30-8-7-29-22)25(31-21)37-17-20-16-34(13-14-36-20)26(35)24(27)28/h3-8,15,20,24H,2,9-14,16-17H2,1H3. The average Bonchev–Trinajstić information content (AvgIpc) is 2.95. The second-order valence-corrected chi connectivity index (χ2v) is 9.09. The molecule has 1 aromatic carbocycles. The third-order valence-electron chi connectivity index (χ3n) is 6.82. The van der Waals surface area contributed by atoms with Gasteiger partial charge < -0.3 is 24.2 Å². The molecule has 2 saturated heterocycles. The lowest BCUT2D eigenvalue weighted by Gasteiger charge is -2.35. The van der Waals surface area contributed by atoms with Crippen LogP contribution in [-0.2, 0) is 9.53 Å². The Balaban J connectivity index is 1.32. The van der Waals surface area contributed by atoms with Gasteiger partial charge in [0.05, 0.1) is 24.4 Å². The van der Waals surface area contributed by atoms with Crippen LogP contribution in [0.15, 0.2) is 42.7 Å². The van der Waals surface area contributed by atoms with Crippen molar-refractivity contribution in [3.8, 4) is 17.1 Å². The first-order valence-corrected chi connectivity index (χ1v) is 12.5. The van der Waals surface area contributed by atoms with Gasteiger partial charge in [-0.3, -0.25) is 9.78 Å². The third kappa shape index (κ3) is 5.78. The molecule has 11 heteroatoms. The first-order valence-electron chi connectivity index (χ1n) is 12.5. The van der Waals surface area contributed by atoms with Gasteiger partial charge in [-0.2, -0.15) is 8.78 Å². The summed E-state index contributed by atoms with van der Waals surface area (Å²) in [5.74, 6) is -0.915. The monoisotopic (exact) mass is 512 g/mol. The van der Waals surface area contributed by atoms with E-state index < -0.39 is 18.4 Å². The van der Waals surface area contributed by atoms with Crippen molar-refractivity contribution in [2.45, 2.75) is 19.5 Å². The van der Waals surface area contributed by atoms with E-state index in [0.717, 1.165) is 43.2 Å². The van der Waals surface area contributed by atoms with E-state index in [1.54, 1.807) is 12.4 Å². The number of hydrogen-bond donors (Lipinski definition) is 0. The largest absolute Gasteiger partial charge is 0.473 e. The number of likely N-dealkylation sites (N-methyl/N-ethyl adjacent to an activating group) is 1. The van der Waals surface area contributed by atoms with Crippen LogP contribution in [0.3, 0.4) is 0 Å². The number of pyridine rings is 1. The number of nitrogens with zero attached hydrogens (tertiary/aromatic N) is 6. The maximum atomic E-state index is 12.8. The zero-order valence-electron chi connectivity index (χ0n) is 20.7. The number of rotatable bonds is 7. The lowest BCUT2D eigenvalue weighted by molar-refractivity contribution is -0.151. The average molecular weight is 513 g/mol. The van der Waals surface area contributed by atoms with Gasteiger partial charge in [-0.1, -0.05) is 19.1 Å². The Hall–Kier alpha value is -3.44. The van der Waals surface area contributed by atoms with E-state index in [0.29, 0.717) is 16.7 Å². The van der Waals surface area contributed by atoms with Crippen LogP contribution < -0.4 is 9.64 Å². The van der Waals surface area contributed by atoms with Gasteiger partial charge in [0, 0.05) is 56.4 Å². The van der Waals surface area contributed by atoms with Crippen molar-refractivity contribution >= 4 is 22.6 Å². The molecule has 0 saturated carbocycles. The number of morpholine rings is 1. The van der Waals surface area contributed by atoms with E-state index in [1.807, 2.05) is 18.2 Å². The minimum absolute atomic E-state index is 0.0282. The van der Waals surface area contributed by atoms with E-state index in [-0.39, 0.29) is 32.2 Å². The van der Waals surface area contributed by atoms with Gasteiger partial charge in [0.2, 0.25) is 5.88 Å². The molecular weight excluding hydrogens is 482 g/mol. The van der Waals surface area contributed by atoms with E-state index in [9.17, 15) is 13.6 Å². The van der Waals surface area contributed by atoms with Crippen LogP contribution in [0.5, 0.6) is 5.88 Å². The molecule has 2 aliphatic rings. The Morgan fingerprint density at radius 2 is 1.86 bits per heavy atom. The molecule has 0 radical (unpaired) electrons. The molecule has 3 aromatic rings. The van der Waals surface area contributed by atoms with Gasteiger partial charge in [-0.15, -0.1) is 0 Å². The number of carbonyl (C=O) groups excluding carboxylic acids is 1. The SMILES string of the molecule is CCN1CCN(c2ccc(-c3cc4nccnc4c(OCC4CN(C(=O)C(F)F)CCO4)n3)cc2)CC1. The smallest absolute Gasteiger partial charge is 0.315 e. The Morgan fingerprint density at radius 1 is 1.11 bits per heavy atom. The zero-order valence-corrected chi connectivity index (χ0v) is 20.7. The second kappa shape index (κ2) is 11.3. The number of piperazine rings is 1. The molecule has 1 amide bonds. The first-order chi connectivity index (χ1) is 18.0. The zero-order chi connectivity index (χ0) is 25.8. The van der Waals surface area contributed by atoms with Crippen LogP contribution in [0, 0.1) is 0 Å². The van der Waals surface area contributed by atoms with Crippen molar-refractivity contribution in [3.63, 3.8) is 0 Å². The maximum absolute atomic E-state index is 12.8. The van der Waals surface area contributed by atoms with E-state index in [2.05, 4.69) is 38.8 Å². The number of ether oxygens (including phenoxy) is 2. The van der Waals surface area contributed by atoms with E-state index in [1.165, 1.54) is 5.69 Å². The number of halogens is 2. The fraction of sp³-hybridized carbons (Fsp3) is 0.462. The van der Waals surface area contributed by atoms with Crippen LogP contribution >= 0.6 is 0 Å².